The normalized spacial score (nSPS) is 16.9. The van der Waals surface area contributed by atoms with Crippen LogP contribution in [0, 0.1) is 0 Å². The first-order valence-electron chi connectivity index (χ1n) is 10.3. The van der Waals surface area contributed by atoms with Crippen LogP contribution < -0.4 is 20.7 Å². The van der Waals surface area contributed by atoms with Gasteiger partial charge in [0.05, 0.1) is 13.7 Å². The number of benzene rings is 3. The number of aliphatic hydroxyl groups is 1. The average molecular weight is 498 g/mol. The summed E-state index contributed by atoms with van der Waals surface area (Å²) >= 11 is 3.51. The molecule has 4 rings (SSSR count). The fourth-order valence-electron chi connectivity index (χ4n) is 4.13. The molecule has 0 bridgehead atoms. The summed E-state index contributed by atoms with van der Waals surface area (Å²) in [4.78, 5) is 27.3. The maximum Gasteiger partial charge on any atom is 0.264 e. The molecule has 3 aromatic rings. The van der Waals surface area contributed by atoms with E-state index >= 15 is 0 Å². The highest BCUT2D eigenvalue weighted by molar-refractivity contribution is 9.10. The van der Waals surface area contributed by atoms with Gasteiger partial charge in [-0.05, 0) is 53.4 Å². The maximum atomic E-state index is 13.6. The highest BCUT2D eigenvalue weighted by Gasteiger charge is 2.33. The van der Waals surface area contributed by atoms with Gasteiger partial charge >= 0.3 is 0 Å². The van der Waals surface area contributed by atoms with Crippen LogP contribution in [0.1, 0.15) is 17.5 Å². The van der Waals surface area contributed by atoms with Crippen molar-refractivity contribution in [2.75, 3.05) is 12.0 Å². The molecule has 1 aliphatic rings. The van der Waals surface area contributed by atoms with E-state index in [0.717, 1.165) is 32.1 Å². The summed E-state index contributed by atoms with van der Waals surface area (Å²) in [7, 11) is 1.60. The molecule has 0 aromatic heterocycles. The lowest BCUT2D eigenvalue weighted by Crippen LogP contribution is -2.52. The van der Waals surface area contributed by atoms with E-state index < -0.39 is 18.2 Å². The van der Waals surface area contributed by atoms with E-state index in [4.69, 9.17) is 10.5 Å². The molecule has 8 heteroatoms. The Hall–Kier alpha value is -2.94. The SMILES string of the molecule is COc1ccc2cc(Br)ccc2c1CN1C(=O)[C@@H](NC(=O)[C@@H](N)O)CCc2ccccc21. The van der Waals surface area contributed by atoms with Gasteiger partial charge in [-0.3, -0.25) is 15.3 Å². The highest BCUT2D eigenvalue weighted by atomic mass is 79.9. The standard InChI is InChI=1S/C24H24BrN3O4/c1-32-21-11-7-15-12-16(25)8-9-17(15)18(21)13-28-20-5-3-2-4-14(20)6-10-19(24(28)31)27-23(30)22(26)29/h2-5,7-9,11-12,19,22,29H,6,10,13,26H2,1H3,(H,27,30)/t19-,22-/m0/s1. The van der Waals surface area contributed by atoms with Gasteiger partial charge in [0, 0.05) is 15.7 Å². The van der Waals surface area contributed by atoms with Crippen molar-refractivity contribution < 1.29 is 19.4 Å². The number of nitrogens with two attached hydrogens (primary N) is 1. The largest absolute Gasteiger partial charge is 0.496 e. The van der Waals surface area contributed by atoms with Crippen molar-refractivity contribution >= 4 is 44.2 Å². The Labute approximate surface area is 194 Å². The summed E-state index contributed by atoms with van der Waals surface area (Å²) in [5.41, 5.74) is 7.96. The summed E-state index contributed by atoms with van der Waals surface area (Å²) in [6.07, 6.45) is -0.674. The topological polar surface area (TPSA) is 105 Å². The van der Waals surface area contributed by atoms with Crippen LogP contribution >= 0.6 is 15.9 Å². The number of nitrogens with one attached hydrogen (secondary N) is 1. The van der Waals surface area contributed by atoms with Gasteiger partial charge in [-0.2, -0.15) is 0 Å². The lowest BCUT2D eigenvalue weighted by atomic mass is 10.0. The first kappa shape index (κ1) is 22.3. The number of rotatable bonds is 5. The van der Waals surface area contributed by atoms with Crippen LogP contribution in [-0.4, -0.2) is 36.3 Å². The lowest BCUT2D eigenvalue weighted by Gasteiger charge is -2.28. The Morgan fingerprint density at radius 1 is 1.28 bits per heavy atom. The number of aliphatic hydroxyl groups excluding tert-OH is 1. The Bertz CT molecular complexity index is 1180. The number of hydrogen-bond donors (Lipinski definition) is 3. The Morgan fingerprint density at radius 3 is 2.81 bits per heavy atom. The van der Waals surface area contributed by atoms with Crippen molar-refractivity contribution in [1.29, 1.82) is 0 Å². The van der Waals surface area contributed by atoms with Crippen molar-refractivity contribution in [2.45, 2.75) is 31.7 Å². The molecule has 0 radical (unpaired) electrons. The third-order valence-corrected chi connectivity index (χ3v) is 6.21. The third kappa shape index (κ3) is 4.34. The number of nitrogens with zero attached hydrogens (tertiary/aromatic N) is 1. The van der Waals surface area contributed by atoms with E-state index in [1.165, 1.54) is 0 Å². The molecule has 0 spiro atoms. The monoisotopic (exact) mass is 497 g/mol. The number of carbonyl (C=O) groups excluding carboxylic acids is 2. The molecule has 166 valence electrons. The van der Waals surface area contributed by atoms with Gasteiger partial charge in [0.15, 0.2) is 6.23 Å². The van der Waals surface area contributed by atoms with Crippen LogP contribution in [0.5, 0.6) is 5.75 Å². The van der Waals surface area contributed by atoms with Crippen molar-refractivity contribution in [2.24, 2.45) is 5.73 Å². The summed E-state index contributed by atoms with van der Waals surface area (Å²) in [6.45, 7) is 0.259. The number of amides is 2. The summed E-state index contributed by atoms with van der Waals surface area (Å²) < 4.78 is 6.59. The molecule has 1 heterocycles. The van der Waals surface area contributed by atoms with Gasteiger partial charge in [0.2, 0.25) is 5.91 Å². The fourth-order valence-corrected chi connectivity index (χ4v) is 4.51. The van der Waals surface area contributed by atoms with Crippen molar-refractivity contribution in [1.82, 2.24) is 5.32 Å². The third-order valence-electron chi connectivity index (χ3n) is 5.72. The molecule has 2 amide bonds. The van der Waals surface area contributed by atoms with Crippen LogP contribution in [0.2, 0.25) is 0 Å². The van der Waals surface area contributed by atoms with E-state index in [-0.39, 0.29) is 12.5 Å². The van der Waals surface area contributed by atoms with Crippen molar-refractivity contribution in [3.05, 3.63) is 70.2 Å². The first-order valence-corrected chi connectivity index (χ1v) is 11.1. The average Bonchev–Trinajstić information content (AvgIpc) is 2.91. The van der Waals surface area contributed by atoms with Gasteiger partial charge < -0.3 is 20.1 Å². The quantitative estimate of drug-likeness (QED) is 0.470. The second-order valence-electron chi connectivity index (χ2n) is 7.71. The molecule has 7 nitrogen and oxygen atoms in total. The van der Waals surface area contributed by atoms with Crippen LogP contribution in [0.4, 0.5) is 5.69 Å². The number of hydrogen-bond acceptors (Lipinski definition) is 5. The smallest absolute Gasteiger partial charge is 0.264 e. The predicted octanol–water partition coefficient (Wildman–Crippen LogP) is 2.85. The van der Waals surface area contributed by atoms with E-state index in [1.807, 2.05) is 54.6 Å². The zero-order chi connectivity index (χ0) is 22.8. The summed E-state index contributed by atoms with van der Waals surface area (Å²) in [5.74, 6) is -0.366. The number of halogens is 1. The predicted molar refractivity (Wildman–Crippen MR) is 126 cm³/mol. The number of ether oxygens (including phenoxy) is 1. The maximum absolute atomic E-state index is 13.6. The van der Waals surface area contributed by atoms with Crippen molar-refractivity contribution in [3.8, 4) is 5.75 Å². The van der Waals surface area contributed by atoms with E-state index in [1.54, 1.807) is 12.0 Å². The van der Waals surface area contributed by atoms with Crippen LogP contribution in [0.15, 0.2) is 59.1 Å². The lowest BCUT2D eigenvalue weighted by molar-refractivity contribution is -0.133. The summed E-state index contributed by atoms with van der Waals surface area (Å²) in [6, 6.07) is 16.7. The van der Waals surface area contributed by atoms with Gasteiger partial charge in [-0.25, -0.2) is 0 Å². The molecular weight excluding hydrogens is 474 g/mol. The van der Waals surface area contributed by atoms with Crippen LogP contribution in [0.25, 0.3) is 10.8 Å². The highest BCUT2D eigenvalue weighted by Crippen LogP contribution is 2.34. The minimum absolute atomic E-state index is 0.259. The minimum atomic E-state index is -1.68. The Morgan fingerprint density at radius 2 is 2.06 bits per heavy atom. The fraction of sp³-hybridized carbons (Fsp3) is 0.250. The Kier molecular flexibility index (Phi) is 6.45. The molecule has 1 aliphatic heterocycles. The number of aryl methyl sites for hydroxylation is 1. The number of para-hydroxylation sites is 1. The second kappa shape index (κ2) is 9.28. The molecule has 0 saturated carbocycles. The Balaban J connectivity index is 1.79. The van der Waals surface area contributed by atoms with Gasteiger partial charge in [0.25, 0.3) is 5.91 Å². The molecular formula is C24H24BrN3O4. The van der Waals surface area contributed by atoms with Gasteiger partial charge in [-0.15, -0.1) is 0 Å². The molecule has 0 aliphatic carbocycles. The molecule has 4 N–H and O–H groups in total. The molecule has 3 aromatic carbocycles. The van der Waals surface area contributed by atoms with Crippen molar-refractivity contribution in [3.63, 3.8) is 0 Å². The van der Waals surface area contributed by atoms with Crippen LogP contribution in [0.3, 0.4) is 0 Å². The number of methoxy groups -OCH3 is 1. The number of fused-ring (bicyclic) bond motifs is 2. The van der Waals surface area contributed by atoms with Gasteiger partial charge in [-0.1, -0.05) is 46.3 Å². The molecule has 32 heavy (non-hydrogen) atoms. The second-order valence-corrected chi connectivity index (χ2v) is 8.63. The summed E-state index contributed by atoms with van der Waals surface area (Å²) in [5, 5.41) is 14.0. The molecule has 0 fully saturated rings. The number of carbonyl (C=O) groups is 2. The zero-order valence-electron chi connectivity index (χ0n) is 17.5. The van der Waals surface area contributed by atoms with Gasteiger partial charge in [0.1, 0.15) is 11.8 Å². The molecule has 0 saturated heterocycles. The first-order chi connectivity index (χ1) is 15.4. The van der Waals surface area contributed by atoms with E-state index in [2.05, 4.69) is 21.2 Å². The number of anilines is 1. The van der Waals surface area contributed by atoms with Crippen LogP contribution in [-0.2, 0) is 22.6 Å². The zero-order valence-corrected chi connectivity index (χ0v) is 19.1. The van der Waals surface area contributed by atoms with E-state index in [9.17, 15) is 14.7 Å². The van der Waals surface area contributed by atoms with E-state index in [0.29, 0.717) is 18.6 Å². The minimum Gasteiger partial charge on any atom is -0.496 e. The molecule has 2 atom stereocenters. The molecule has 0 unspecified atom stereocenters.